The number of rotatable bonds is 6. The quantitative estimate of drug-likeness (QED) is 0.692. The molecule has 2 N–H and O–H groups in total. The lowest BCUT2D eigenvalue weighted by atomic mass is 10.00. The van der Waals surface area contributed by atoms with Gasteiger partial charge in [-0.15, -0.1) is 5.10 Å². The second-order valence-corrected chi connectivity index (χ2v) is 7.54. The maximum absolute atomic E-state index is 4.47. The zero-order valence-corrected chi connectivity index (χ0v) is 14.7. The van der Waals surface area contributed by atoms with Gasteiger partial charge in [0.2, 0.25) is 5.82 Å². The highest BCUT2D eigenvalue weighted by molar-refractivity contribution is 4.93. The number of aromatic nitrogens is 4. The van der Waals surface area contributed by atoms with Crippen LogP contribution < -0.4 is 9.80 Å². The lowest BCUT2D eigenvalue weighted by molar-refractivity contribution is -1.03. The highest BCUT2D eigenvalue weighted by Gasteiger charge is 2.37. The monoisotopic (exact) mass is 320 g/mol. The van der Waals surface area contributed by atoms with Crippen molar-refractivity contribution in [3.8, 4) is 0 Å². The molecule has 1 aromatic heterocycles. The third kappa shape index (κ3) is 3.63. The van der Waals surface area contributed by atoms with Crippen molar-refractivity contribution in [3.63, 3.8) is 0 Å². The molecule has 0 radical (unpaired) electrons. The van der Waals surface area contributed by atoms with E-state index in [2.05, 4.69) is 40.6 Å². The van der Waals surface area contributed by atoms with E-state index >= 15 is 0 Å². The number of nitrogens with one attached hydrogen (secondary N) is 2. The summed E-state index contributed by atoms with van der Waals surface area (Å²) in [6.07, 6.45) is 7.13. The summed E-state index contributed by atoms with van der Waals surface area (Å²) in [4.78, 5) is 3.31. The third-order valence-electron chi connectivity index (χ3n) is 5.61. The zero-order valence-electron chi connectivity index (χ0n) is 14.7. The first-order valence-corrected chi connectivity index (χ1v) is 9.27. The first-order valence-electron chi connectivity index (χ1n) is 9.27. The van der Waals surface area contributed by atoms with E-state index in [-0.39, 0.29) is 0 Å². The standard InChI is InChI=1S/C17H30N6/c1-4-9-21-10-12-22(13-11-21)16(14(2)3)17-18-19-20-23(17)15-7-5-6-8-15/h4,14-16H,1,5-13H2,2-3H3/p+2/t16-/m1/s1. The normalized spacial score (nSPS) is 27.4. The van der Waals surface area contributed by atoms with Crippen molar-refractivity contribution in [3.05, 3.63) is 18.5 Å². The molecule has 0 spiro atoms. The van der Waals surface area contributed by atoms with Gasteiger partial charge in [-0.3, -0.25) is 0 Å². The van der Waals surface area contributed by atoms with Gasteiger partial charge < -0.3 is 9.80 Å². The van der Waals surface area contributed by atoms with Crippen LogP contribution in [0.2, 0.25) is 0 Å². The Morgan fingerprint density at radius 1 is 1.22 bits per heavy atom. The van der Waals surface area contributed by atoms with Crippen LogP contribution in [0.5, 0.6) is 0 Å². The predicted octanol–water partition coefficient (Wildman–Crippen LogP) is -0.545. The molecule has 2 heterocycles. The maximum atomic E-state index is 4.47. The second kappa shape index (κ2) is 7.53. The Labute approximate surface area is 139 Å². The van der Waals surface area contributed by atoms with Crippen molar-refractivity contribution in [2.45, 2.75) is 51.6 Å². The summed E-state index contributed by atoms with van der Waals surface area (Å²) in [7, 11) is 0. The average molecular weight is 320 g/mol. The SMILES string of the molecule is C=CC[NH+]1CC[NH+]([C@@H](c2nnnn2C2CCCC2)C(C)C)CC1. The average Bonchev–Trinajstić information content (AvgIpc) is 3.20. The van der Waals surface area contributed by atoms with Crippen molar-refractivity contribution < 1.29 is 9.80 Å². The van der Waals surface area contributed by atoms with E-state index in [1.54, 1.807) is 9.80 Å². The van der Waals surface area contributed by atoms with Crippen molar-refractivity contribution in [2.24, 2.45) is 5.92 Å². The minimum absolute atomic E-state index is 0.413. The van der Waals surface area contributed by atoms with Crippen molar-refractivity contribution in [1.82, 2.24) is 20.2 Å². The summed E-state index contributed by atoms with van der Waals surface area (Å²) in [5, 5.41) is 12.9. The number of piperazine rings is 1. The second-order valence-electron chi connectivity index (χ2n) is 7.54. The van der Waals surface area contributed by atoms with Gasteiger partial charge in [0.1, 0.15) is 26.2 Å². The van der Waals surface area contributed by atoms with Crippen molar-refractivity contribution >= 4 is 0 Å². The Hall–Kier alpha value is -1.27. The Bertz CT molecular complexity index is 497. The van der Waals surface area contributed by atoms with E-state index in [1.807, 2.05) is 6.08 Å². The molecule has 0 amide bonds. The largest absolute Gasteiger partial charge is 0.322 e. The number of hydrogen-bond acceptors (Lipinski definition) is 3. The van der Waals surface area contributed by atoms with Crippen molar-refractivity contribution in [2.75, 3.05) is 32.7 Å². The fraction of sp³-hybridized carbons (Fsp3) is 0.824. The molecule has 0 unspecified atom stereocenters. The minimum Gasteiger partial charge on any atom is -0.322 e. The van der Waals surface area contributed by atoms with Gasteiger partial charge in [-0.2, -0.15) is 0 Å². The van der Waals surface area contributed by atoms with Crippen LogP contribution in [0.1, 0.15) is 57.4 Å². The van der Waals surface area contributed by atoms with E-state index < -0.39 is 0 Å². The zero-order chi connectivity index (χ0) is 16.2. The molecule has 0 bridgehead atoms. The molecule has 3 rings (SSSR count). The first kappa shape index (κ1) is 16.6. The number of tetrazole rings is 1. The Balaban J connectivity index is 1.75. The topological polar surface area (TPSA) is 52.5 Å². The van der Waals surface area contributed by atoms with E-state index in [0.717, 1.165) is 12.4 Å². The Morgan fingerprint density at radius 2 is 1.91 bits per heavy atom. The molecule has 23 heavy (non-hydrogen) atoms. The summed E-state index contributed by atoms with van der Waals surface area (Å²) in [6, 6.07) is 0.934. The van der Waals surface area contributed by atoms with Crippen molar-refractivity contribution in [1.29, 1.82) is 0 Å². The molecule has 1 saturated heterocycles. The molecular weight excluding hydrogens is 288 g/mol. The highest BCUT2D eigenvalue weighted by Crippen LogP contribution is 2.31. The minimum atomic E-state index is 0.413. The van der Waals surface area contributed by atoms with Gasteiger partial charge in [-0.05, 0) is 29.3 Å². The molecule has 2 fully saturated rings. The summed E-state index contributed by atoms with van der Waals surface area (Å²) in [5.74, 6) is 1.67. The van der Waals surface area contributed by atoms with Crippen LogP contribution in [0, 0.1) is 5.92 Å². The van der Waals surface area contributed by atoms with Crippen LogP contribution in [-0.4, -0.2) is 52.9 Å². The molecule has 6 nitrogen and oxygen atoms in total. The fourth-order valence-electron chi connectivity index (χ4n) is 4.41. The smallest absolute Gasteiger partial charge is 0.209 e. The molecule has 1 atom stereocenters. The first-order chi connectivity index (χ1) is 11.2. The summed E-state index contributed by atoms with van der Waals surface area (Å²) in [5.41, 5.74) is 0. The summed E-state index contributed by atoms with van der Waals surface area (Å²) >= 11 is 0. The summed E-state index contributed by atoms with van der Waals surface area (Å²) < 4.78 is 2.16. The van der Waals surface area contributed by atoms with E-state index in [0.29, 0.717) is 18.0 Å². The lowest BCUT2D eigenvalue weighted by Crippen LogP contribution is -3.28. The van der Waals surface area contributed by atoms with E-state index in [4.69, 9.17) is 0 Å². The van der Waals surface area contributed by atoms with Crippen LogP contribution in [0.3, 0.4) is 0 Å². The van der Waals surface area contributed by atoms with Gasteiger partial charge in [-0.1, -0.05) is 33.3 Å². The highest BCUT2D eigenvalue weighted by atomic mass is 15.6. The van der Waals surface area contributed by atoms with Gasteiger partial charge in [-0.25, -0.2) is 4.68 Å². The molecule has 128 valence electrons. The van der Waals surface area contributed by atoms with Crippen LogP contribution in [0.15, 0.2) is 12.7 Å². The van der Waals surface area contributed by atoms with E-state index in [9.17, 15) is 0 Å². The number of quaternary nitrogens is 2. The molecule has 1 saturated carbocycles. The summed E-state index contributed by atoms with van der Waals surface area (Å²) in [6.45, 7) is 14.4. The molecule has 1 aliphatic carbocycles. The van der Waals surface area contributed by atoms with Crippen LogP contribution in [0.25, 0.3) is 0 Å². The van der Waals surface area contributed by atoms with Crippen LogP contribution >= 0.6 is 0 Å². The fourth-order valence-corrected chi connectivity index (χ4v) is 4.41. The maximum Gasteiger partial charge on any atom is 0.209 e. The Morgan fingerprint density at radius 3 is 2.52 bits per heavy atom. The van der Waals surface area contributed by atoms with Crippen LogP contribution in [-0.2, 0) is 0 Å². The Kier molecular flexibility index (Phi) is 5.43. The molecule has 1 aliphatic heterocycles. The molecular formula is C17H32N6+2. The van der Waals surface area contributed by atoms with Gasteiger partial charge >= 0.3 is 0 Å². The molecule has 6 heteroatoms. The van der Waals surface area contributed by atoms with E-state index in [1.165, 1.54) is 51.9 Å². The number of hydrogen-bond donors (Lipinski definition) is 2. The van der Waals surface area contributed by atoms with Gasteiger partial charge in [0, 0.05) is 5.92 Å². The van der Waals surface area contributed by atoms with Gasteiger partial charge in [0.15, 0.2) is 6.04 Å². The molecule has 2 aliphatic rings. The van der Waals surface area contributed by atoms with Gasteiger partial charge in [0.25, 0.3) is 0 Å². The molecule has 0 aromatic carbocycles. The lowest BCUT2D eigenvalue weighted by Gasteiger charge is -2.35. The third-order valence-corrected chi connectivity index (χ3v) is 5.61. The predicted molar refractivity (Wildman–Crippen MR) is 89.4 cm³/mol. The number of nitrogens with zero attached hydrogens (tertiary/aromatic N) is 4. The van der Waals surface area contributed by atoms with Crippen LogP contribution in [0.4, 0.5) is 0 Å². The van der Waals surface area contributed by atoms with Gasteiger partial charge in [0.05, 0.1) is 12.6 Å². The molecule has 1 aromatic rings.